The first-order valence-corrected chi connectivity index (χ1v) is 7.63. The van der Waals surface area contributed by atoms with Crippen molar-refractivity contribution in [2.75, 3.05) is 31.1 Å². The fourth-order valence-electron chi connectivity index (χ4n) is 2.73. The molecule has 0 aromatic carbocycles. The Morgan fingerprint density at radius 1 is 1.30 bits per heavy atom. The molecule has 4 nitrogen and oxygen atoms in total. The number of anilines is 1. The Balaban J connectivity index is 1.75. The van der Waals surface area contributed by atoms with E-state index in [1.807, 2.05) is 12.4 Å². The number of pyridine rings is 1. The first-order chi connectivity index (χ1) is 9.61. The summed E-state index contributed by atoms with van der Waals surface area (Å²) in [5.41, 5.74) is 1.21. The van der Waals surface area contributed by atoms with Crippen molar-refractivity contribution in [3.63, 3.8) is 0 Å². The molecule has 0 bridgehead atoms. The van der Waals surface area contributed by atoms with Gasteiger partial charge in [0, 0.05) is 50.4 Å². The summed E-state index contributed by atoms with van der Waals surface area (Å²) in [6, 6.07) is 4.78. The van der Waals surface area contributed by atoms with Crippen LogP contribution in [0.1, 0.15) is 33.6 Å². The fourth-order valence-corrected chi connectivity index (χ4v) is 2.73. The minimum atomic E-state index is -0.0724. The molecule has 0 aliphatic carbocycles. The first-order valence-electron chi connectivity index (χ1n) is 7.63. The smallest absolute Gasteiger partial charge is 0.0750 e. The quantitative estimate of drug-likeness (QED) is 0.866. The van der Waals surface area contributed by atoms with Gasteiger partial charge in [-0.1, -0.05) is 0 Å². The third-order valence-corrected chi connectivity index (χ3v) is 3.87. The highest BCUT2D eigenvalue weighted by Crippen LogP contribution is 2.19. The summed E-state index contributed by atoms with van der Waals surface area (Å²) < 4.78 is 5.73. The topological polar surface area (TPSA) is 37.4 Å². The van der Waals surface area contributed by atoms with Gasteiger partial charge in [-0.2, -0.15) is 0 Å². The standard InChI is InChI=1S/C16H27N3O/c1-4-20-16(2,3)13-18-14-7-11-19(12-8-14)15-5-9-17-10-6-15/h5-6,9-10,14,18H,4,7-8,11-13H2,1-3H3. The molecule has 0 saturated carbocycles. The Kier molecular flexibility index (Phi) is 5.38. The summed E-state index contributed by atoms with van der Waals surface area (Å²) in [6.07, 6.45) is 6.10. The molecule has 20 heavy (non-hydrogen) atoms. The van der Waals surface area contributed by atoms with Gasteiger partial charge in [0.1, 0.15) is 0 Å². The van der Waals surface area contributed by atoms with Gasteiger partial charge in [-0.3, -0.25) is 4.98 Å². The van der Waals surface area contributed by atoms with Crippen LogP contribution in [0.25, 0.3) is 0 Å². The van der Waals surface area contributed by atoms with Crippen LogP contribution in [0, 0.1) is 0 Å². The van der Waals surface area contributed by atoms with Crippen LogP contribution in [-0.4, -0.2) is 42.9 Å². The van der Waals surface area contributed by atoms with Gasteiger partial charge in [-0.05, 0) is 45.7 Å². The molecule has 0 atom stereocenters. The molecular formula is C16H27N3O. The lowest BCUT2D eigenvalue weighted by molar-refractivity contribution is -0.0110. The van der Waals surface area contributed by atoms with Crippen LogP contribution < -0.4 is 10.2 Å². The molecule has 1 aromatic rings. The average Bonchev–Trinajstić information content (AvgIpc) is 2.47. The predicted octanol–water partition coefficient (Wildman–Crippen LogP) is 2.46. The molecule has 1 fully saturated rings. The van der Waals surface area contributed by atoms with Crippen LogP contribution in [-0.2, 0) is 4.74 Å². The normalized spacial score (nSPS) is 17.4. The molecule has 1 aliphatic rings. The molecule has 4 heteroatoms. The minimum Gasteiger partial charge on any atom is -0.375 e. The zero-order valence-corrected chi connectivity index (χ0v) is 12.9. The summed E-state index contributed by atoms with van der Waals surface area (Å²) in [4.78, 5) is 6.51. The van der Waals surface area contributed by atoms with Crippen molar-refractivity contribution in [3.05, 3.63) is 24.5 Å². The lowest BCUT2D eigenvalue weighted by Crippen LogP contribution is -2.47. The van der Waals surface area contributed by atoms with Gasteiger partial charge in [0.2, 0.25) is 0 Å². The monoisotopic (exact) mass is 277 g/mol. The van der Waals surface area contributed by atoms with Gasteiger partial charge >= 0.3 is 0 Å². The second kappa shape index (κ2) is 7.04. The molecule has 112 valence electrons. The zero-order valence-electron chi connectivity index (χ0n) is 12.9. The van der Waals surface area contributed by atoms with Gasteiger partial charge in [0.15, 0.2) is 0 Å². The van der Waals surface area contributed by atoms with Crippen molar-refractivity contribution in [2.24, 2.45) is 0 Å². The molecule has 2 rings (SSSR count). The van der Waals surface area contributed by atoms with Crippen molar-refractivity contribution in [1.82, 2.24) is 10.3 Å². The third kappa shape index (κ3) is 4.46. The number of nitrogens with one attached hydrogen (secondary N) is 1. The predicted molar refractivity (Wildman–Crippen MR) is 83.2 cm³/mol. The van der Waals surface area contributed by atoms with E-state index < -0.39 is 0 Å². The highest BCUT2D eigenvalue weighted by molar-refractivity contribution is 5.44. The van der Waals surface area contributed by atoms with E-state index in [0.717, 1.165) is 26.2 Å². The Morgan fingerprint density at radius 3 is 2.55 bits per heavy atom. The van der Waals surface area contributed by atoms with E-state index in [1.54, 1.807) is 0 Å². The molecule has 1 aromatic heterocycles. The number of aromatic nitrogens is 1. The van der Waals surface area contributed by atoms with Crippen LogP contribution in [0.4, 0.5) is 5.69 Å². The van der Waals surface area contributed by atoms with Gasteiger partial charge in [-0.15, -0.1) is 0 Å². The Labute approximate surface area is 122 Å². The summed E-state index contributed by atoms with van der Waals surface area (Å²) in [6.45, 7) is 10.3. The zero-order chi connectivity index (χ0) is 14.4. The third-order valence-electron chi connectivity index (χ3n) is 3.87. The number of hydrogen-bond donors (Lipinski definition) is 1. The molecule has 2 heterocycles. The summed E-state index contributed by atoms with van der Waals surface area (Å²) in [5, 5.41) is 3.65. The maximum Gasteiger partial charge on any atom is 0.0750 e. The number of hydrogen-bond acceptors (Lipinski definition) is 4. The van der Waals surface area contributed by atoms with Crippen LogP contribution in [0.3, 0.4) is 0 Å². The van der Waals surface area contributed by atoms with E-state index in [1.165, 1.54) is 18.5 Å². The van der Waals surface area contributed by atoms with E-state index in [4.69, 9.17) is 4.74 Å². The van der Waals surface area contributed by atoms with Crippen molar-refractivity contribution in [2.45, 2.75) is 45.3 Å². The van der Waals surface area contributed by atoms with Gasteiger partial charge < -0.3 is 15.0 Å². The fraction of sp³-hybridized carbons (Fsp3) is 0.688. The van der Waals surface area contributed by atoms with Gasteiger partial charge in [0.25, 0.3) is 0 Å². The maximum atomic E-state index is 5.73. The van der Waals surface area contributed by atoms with Crippen molar-refractivity contribution in [1.29, 1.82) is 0 Å². The highest BCUT2D eigenvalue weighted by atomic mass is 16.5. The number of nitrogens with zero attached hydrogens (tertiary/aromatic N) is 2. The lowest BCUT2D eigenvalue weighted by atomic mass is 10.0. The average molecular weight is 277 g/mol. The van der Waals surface area contributed by atoms with Gasteiger partial charge in [0.05, 0.1) is 5.60 Å². The molecule has 0 amide bonds. The van der Waals surface area contributed by atoms with Crippen molar-refractivity contribution in [3.8, 4) is 0 Å². The number of ether oxygens (including phenoxy) is 1. The van der Waals surface area contributed by atoms with Crippen LogP contribution in [0.15, 0.2) is 24.5 Å². The highest BCUT2D eigenvalue weighted by Gasteiger charge is 2.23. The minimum absolute atomic E-state index is 0.0724. The van der Waals surface area contributed by atoms with Crippen LogP contribution in [0.5, 0.6) is 0 Å². The van der Waals surface area contributed by atoms with E-state index >= 15 is 0 Å². The van der Waals surface area contributed by atoms with E-state index in [2.05, 4.69) is 48.1 Å². The van der Waals surface area contributed by atoms with Crippen LogP contribution in [0.2, 0.25) is 0 Å². The first kappa shape index (κ1) is 15.3. The van der Waals surface area contributed by atoms with Gasteiger partial charge in [-0.25, -0.2) is 0 Å². The molecule has 0 spiro atoms. The lowest BCUT2D eigenvalue weighted by Gasteiger charge is -2.35. The summed E-state index contributed by atoms with van der Waals surface area (Å²) in [5.74, 6) is 0. The molecule has 0 unspecified atom stereocenters. The Morgan fingerprint density at radius 2 is 1.95 bits per heavy atom. The number of piperidine rings is 1. The second-order valence-corrected chi connectivity index (χ2v) is 6.04. The maximum absolute atomic E-state index is 5.73. The summed E-state index contributed by atoms with van der Waals surface area (Å²) >= 11 is 0. The molecule has 1 saturated heterocycles. The van der Waals surface area contributed by atoms with Crippen molar-refractivity contribution >= 4 is 5.69 Å². The van der Waals surface area contributed by atoms with E-state index in [-0.39, 0.29) is 5.60 Å². The molecule has 0 radical (unpaired) electrons. The Hall–Kier alpha value is -1.13. The largest absolute Gasteiger partial charge is 0.375 e. The molecular weight excluding hydrogens is 250 g/mol. The number of rotatable bonds is 6. The second-order valence-electron chi connectivity index (χ2n) is 6.04. The van der Waals surface area contributed by atoms with Crippen molar-refractivity contribution < 1.29 is 4.74 Å². The molecule has 1 aliphatic heterocycles. The molecule has 1 N–H and O–H groups in total. The Bertz CT molecular complexity index is 386. The van der Waals surface area contributed by atoms with Crippen LogP contribution >= 0.6 is 0 Å². The SMILES string of the molecule is CCOC(C)(C)CNC1CCN(c2ccncc2)CC1. The van der Waals surface area contributed by atoms with E-state index in [9.17, 15) is 0 Å². The van der Waals surface area contributed by atoms with E-state index in [0.29, 0.717) is 6.04 Å². The summed E-state index contributed by atoms with van der Waals surface area (Å²) in [7, 11) is 0.